The highest BCUT2D eigenvalue weighted by Gasteiger charge is 2.20. The van der Waals surface area contributed by atoms with E-state index in [0.29, 0.717) is 18.1 Å². The fourth-order valence-electron chi connectivity index (χ4n) is 2.20. The number of ether oxygens (including phenoxy) is 1. The van der Waals surface area contributed by atoms with E-state index < -0.39 is 0 Å². The smallest absolute Gasteiger partial charge is 0.133 e. The molecule has 0 aromatic heterocycles. The van der Waals surface area contributed by atoms with E-state index in [1.165, 1.54) is 5.56 Å². The second-order valence-corrected chi connectivity index (χ2v) is 4.11. The van der Waals surface area contributed by atoms with Gasteiger partial charge in [-0.1, -0.05) is 12.1 Å². The molecule has 15 heavy (non-hydrogen) atoms. The molecule has 2 heteroatoms. The summed E-state index contributed by atoms with van der Waals surface area (Å²) in [5, 5.41) is 0. The molecule has 80 valence electrons. The molecule has 1 aromatic rings. The van der Waals surface area contributed by atoms with Crippen molar-refractivity contribution in [3.8, 4) is 5.75 Å². The minimum Gasteiger partial charge on any atom is -0.497 e. The van der Waals surface area contributed by atoms with Crippen molar-refractivity contribution >= 4 is 5.78 Å². The lowest BCUT2D eigenvalue weighted by Crippen LogP contribution is -2.13. The van der Waals surface area contributed by atoms with E-state index in [0.717, 1.165) is 25.0 Å². The minimum atomic E-state index is 0.397. The molecule has 1 aliphatic carbocycles. The summed E-state index contributed by atoms with van der Waals surface area (Å²) >= 11 is 0. The van der Waals surface area contributed by atoms with Gasteiger partial charge in [-0.25, -0.2) is 0 Å². The van der Waals surface area contributed by atoms with Gasteiger partial charge in [-0.15, -0.1) is 0 Å². The van der Waals surface area contributed by atoms with Crippen LogP contribution in [0.1, 0.15) is 37.2 Å². The maximum atomic E-state index is 11.4. The largest absolute Gasteiger partial charge is 0.497 e. The maximum Gasteiger partial charge on any atom is 0.133 e. The van der Waals surface area contributed by atoms with E-state index in [1.807, 2.05) is 18.2 Å². The SMILES string of the molecule is COc1cccc([C@H]2CCCC(=O)C2)c1. The van der Waals surface area contributed by atoms with Crippen LogP contribution in [0.15, 0.2) is 24.3 Å². The van der Waals surface area contributed by atoms with E-state index in [4.69, 9.17) is 4.74 Å². The van der Waals surface area contributed by atoms with Crippen LogP contribution in [-0.2, 0) is 4.79 Å². The third-order valence-electron chi connectivity index (χ3n) is 3.05. The number of rotatable bonds is 2. The molecule has 1 atom stereocenters. The molecule has 0 radical (unpaired) electrons. The Hall–Kier alpha value is -1.31. The molecule has 0 amide bonds. The maximum absolute atomic E-state index is 11.4. The summed E-state index contributed by atoms with van der Waals surface area (Å²) in [5.41, 5.74) is 1.24. The lowest BCUT2D eigenvalue weighted by atomic mass is 9.83. The van der Waals surface area contributed by atoms with E-state index in [-0.39, 0.29) is 0 Å². The molecule has 0 unspecified atom stereocenters. The summed E-state index contributed by atoms with van der Waals surface area (Å²) in [5.74, 6) is 1.68. The zero-order valence-corrected chi connectivity index (χ0v) is 9.03. The Balaban J connectivity index is 2.17. The average molecular weight is 204 g/mol. The summed E-state index contributed by atoms with van der Waals surface area (Å²) in [6.45, 7) is 0. The first-order valence-corrected chi connectivity index (χ1v) is 5.45. The van der Waals surface area contributed by atoms with Crippen LogP contribution in [0, 0.1) is 0 Å². The molecule has 0 spiro atoms. The third-order valence-corrected chi connectivity index (χ3v) is 3.05. The fourth-order valence-corrected chi connectivity index (χ4v) is 2.20. The van der Waals surface area contributed by atoms with Crippen LogP contribution in [0.2, 0.25) is 0 Å². The molecule has 2 rings (SSSR count). The van der Waals surface area contributed by atoms with Crippen LogP contribution < -0.4 is 4.74 Å². The topological polar surface area (TPSA) is 26.3 Å². The zero-order valence-electron chi connectivity index (χ0n) is 9.03. The van der Waals surface area contributed by atoms with Gasteiger partial charge in [0.15, 0.2) is 0 Å². The predicted octanol–water partition coefficient (Wildman–Crippen LogP) is 2.92. The van der Waals surface area contributed by atoms with Crippen molar-refractivity contribution in [3.63, 3.8) is 0 Å². The van der Waals surface area contributed by atoms with Gasteiger partial charge in [-0.3, -0.25) is 4.79 Å². The molecule has 1 fully saturated rings. The number of hydrogen-bond donors (Lipinski definition) is 0. The van der Waals surface area contributed by atoms with Gasteiger partial charge in [0.25, 0.3) is 0 Å². The monoisotopic (exact) mass is 204 g/mol. The average Bonchev–Trinajstić information content (AvgIpc) is 2.29. The lowest BCUT2D eigenvalue weighted by molar-refractivity contribution is -0.120. The van der Waals surface area contributed by atoms with Gasteiger partial charge in [0.05, 0.1) is 7.11 Å². The standard InChI is InChI=1S/C13H16O2/c1-15-13-7-3-5-11(9-13)10-4-2-6-12(14)8-10/h3,5,7,9-10H,2,4,6,8H2,1H3/t10-/m0/s1. The fraction of sp³-hybridized carbons (Fsp3) is 0.462. The minimum absolute atomic E-state index is 0.397. The summed E-state index contributed by atoms with van der Waals surface area (Å²) in [6.07, 6.45) is 3.62. The van der Waals surface area contributed by atoms with Crippen LogP contribution in [0.3, 0.4) is 0 Å². The van der Waals surface area contributed by atoms with Gasteiger partial charge >= 0.3 is 0 Å². The van der Waals surface area contributed by atoms with Crippen molar-refractivity contribution in [2.24, 2.45) is 0 Å². The molecular weight excluding hydrogens is 188 g/mol. The van der Waals surface area contributed by atoms with Gasteiger partial charge < -0.3 is 4.74 Å². The van der Waals surface area contributed by atoms with Crippen LogP contribution in [0.4, 0.5) is 0 Å². The predicted molar refractivity (Wildman–Crippen MR) is 59.2 cm³/mol. The van der Waals surface area contributed by atoms with Crippen molar-refractivity contribution in [1.82, 2.24) is 0 Å². The van der Waals surface area contributed by atoms with Crippen LogP contribution in [0.25, 0.3) is 0 Å². The summed E-state index contributed by atoms with van der Waals surface area (Å²) in [6, 6.07) is 8.07. The quantitative estimate of drug-likeness (QED) is 0.740. The molecule has 2 nitrogen and oxygen atoms in total. The number of methoxy groups -OCH3 is 1. The second kappa shape index (κ2) is 4.47. The van der Waals surface area contributed by atoms with Gasteiger partial charge in [-0.2, -0.15) is 0 Å². The van der Waals surface area contributed by atoms with Crippen LogP contribution in [0.5, 0.6) is 5.75 Å². The Morgan fingerprint density at radius 2 is 2.27 bits per heavy atom. The number of hydrogen-bond acceptors (Lipinski definition) is 2. The first-order valence-electron chi connectivity index (χ1n) is 5.45. The van der Waals surface area contributed by atoms with Gasteiger partial charge in [0.1, 0.15) is 11.5 Å². The number of carbonyl (C=O) groups is 1. The van der Waals surface area contributed by atoms with Crippen molar-refractivity contribution in [2.45, 2.75) is 31.6 Å². The molecule has 0 heterocycles. The molecule has 1 aromatic carbocycles. The van der Waals surface area contributed by atoms with Gasteiger partial charge in [-0.05, 0) is 36.5 Å². The van der Waals surface area contributed by atoms with Crippen LogP contribution >= 0.6 is 0 Å². The molecule has 0 aliphatic heterocycles. The van der Waals surface area contributed by atoms with Crippen LogP contribution in [-0.4, -0.2) is 12.9 Å². The summed E-state index contributed by atoms with van der Waals surface area (Å²) in [4.78, 5) is 11.4. The van der Waals surface area contributed by atoms with Crippen molar-refractivity contribution in [1.29, 1.82) is 0 Å². The Bertz CT molecular complexity index is 357. The van der Waals surface area contributed by atoms with E-state index in [9.17, 15) is 4.79 Å². The highest BCUT2D eigenvalue weighted by molar-refractivity contribution is 5.80. The third kappa shape index (κ3) is 2.38. The van der Waals surface area contributed by atoms with E-state index in [2.05, 4.69) is 6.07 Å². The first kappa shape index (κ1) is 10.2. The normalized spacial score (nSPS) is 21.4. The Morgan fingerprint density at radius 3 is 3.00 bits per heavy atom. The molecule has 0 N–H and O–H groups in total. The highest BCUT2D eigenvalue weighted by atomic mass is 16.5. The van der Waals surface area contributed by atoms with Gasteiger partial charge in [0.2, 0.25) is 0 Å². The first-order chi connectivity index (χ1) is 7.29. The Morgan fingerprint density at radius 1 is 1.40 bits per heavy atom. The number of ketones is 1. The molecule has 0 bridgehead atoms. The molecule has 1 saturated carbocycles. The van der Waals surface area contributed by atoms with Crippen molar-refractivity contribution in [3.05, 3.63) is 29.8 Å². The van der Waals surface area contributed by atoms with E-state index >= 15 is 0 Å². The Kier molecular flexibility index (Phi) is 3.05. The molecule has 0 saturated heterocycles. The zero-order chi connectivity index (χ0) is 10.7. The Labute approximate surface area is 90.3 Å². The number of carbonyl (C=O) groups excluding carboxylic acids is 1. The van der Waals surface area contributed by atoms with Crippen molar-refractivity contribution < 1.29 is 9.53 Å². The lowest BCUT2D eigenvalue weighted by Gasteiger charge is -2.21. The molecular formula is C13H16O2. The van der Waals surface area contributed by atoms with E-state index in [1.54, 1.807) is 7.11 Å². The van der Waals surface area contributed by atoms with Crippen molar-refractivity contribution in [2.75, 3.05) is 7.11 Å². The number of benzene rings is 1. The molecule has 1 aliphatic rings. The highest BCUT2D eigenvalue weighted by Crippen LogP contribution is 2.32. The summed E-state index contributed by atoms with van der Waals surface area (Å²) < 4.78 is 5.19. The second-order valence-electron chi connectivity index (χ2n) is 4.11. The van der Waals surface area contributed by atoms with Gasteiger partial charge in [0, 0.05) is 12.8 Å². The summed E-state index contributed by atoms with van der Waals surface area (Å²) in [7, 11) is 1.67. The number of Topliss-reactive ketones (excluding diaryl/α,β-unsaturated/α-hetero) is 1.